The number of hydrogen-bond donors (Lipinski definition) is 0. The van der Waals surface area contributed by atoms with Crippen molar-refractivity contribution < 1.29 is 14.1 Å². The summed E-state index contributed by atoms with van der Waals surface area (Å²) in [5.74, 6) is 0.00175. The van der Waals surface area contributed by atoms with Gasteiger partial charge in [0.05, 0.1) is 11.5 Å². The zero-order valence-electron chi connectivity index (χ0n) is 9.39. The second-order valence-electron chi connectivity index (χ2n) is 4.33. The van der Waals surface area contributed by atoms with Crippen LogP contribution in [0.4, 0.5) is 10.1 Å². The Balaban J connectivity index is 1.83. The van der Waals surface area contributed by atoms with Crippen molar-refractivity contribution in [3.05, 3.63) is 39.7 Å². The van der Waals surface area contributed by atoms with Crippen LogP contribution in [0.2, 0.25) is 0 Å². The van der Waals surface area contributed by atoms with Gasteiger partial charge in [-0.3, -0.25) is 10.1 Å². The zero-order chi connectivity index (χ0) is 12.3. The molecule has 0 amide bonds. The first kappa shape index (κ1) is 12.0. The molecule has 17 heavy (non-hydrogen) atoms. The fourth-order valence-corrected chi connectivity index (χ4v) is 1.63. The summed E-state index contributed by atoms with van der Waals surface area (Å²) in [5, 5.41) is 10.4. The van der Waals surface area contributed by atoms with Crippen LogP contribution in [-0.2, 0) is 11.3 Å². The molecule has 0 aliphatic heterocycles. The van der Waals surface area contributed by atoms with Crippen LogP contribution >= 0.6 is 0 Å². The summed E-state index contributed by atoms with van der Waals surface area (Å²) < 4.78 is 18.6. The van der Waals surface area contributed by atoms with E-state index in [9.17, 15) is 14.5 Å². The smallest absolute Gasteiger partial charge is 0.304 e. The maximum absolute atomic E-state index is 13.3. The van der Waals surface area contributed by atoms with Crippen molar-refractivity contribution >= 4 is 5.69 Å². The number of halogens is 1. The molecule has 0 unspecified atom stereocenters. The molecule has 1 saturated carbocycles. The number of nitrogens with zero attached hydrogens (tertiary/aromatic N) is 1. The second-order valence-corrected chi connectivity index (χ2v) is 4.33. The molecule has 0 N–H and O–H groups in total. The van der Waals surface area contributed by atoms with Crippen molar-refractivity contribution in [2.24, 2.45) is 5.92 Å². The van der Waals surface area contributed by atoms with Gasteiger partial charge in [-0.15, -0.1) is 0 Å². The van der Waals surface area contributed by atoms with Gasteiger partial charge in [-0.1, -0.05) is 12.8 Å². The Morgan fingerprint density at radius 3 is 2.82 bits per heavy atom. The molecule has 5 heteroatoms. The highest BCUT2D eigenvalue weighted by atomic mass is 19.1. The number of nitro groups is 1. The molecule has 1 aromatic rings. The average molecular weight is 239 g/mol. The van der Waals surface area contributed by atoms with Crippen molar-refractivity contribution in [1.29, 1.82) is 0 Å². The van der Waals surface area contributed by atoms with Crippen LogP contribution in [0.15, 0.2) is 18.2 Å². The van der Waals surface area contributed by atoms with Gasteiger partial charge in [-0.05, 0) is 30.0 Å². The molecule has 2 rings (SSSR count). The molecule has 0 spiro atoms. The molecule has 1 fully saturated rings. The summed E-state index contributed by atoms with van der Waals surface area (Å²) in [6.07, 6.45) is 3.63. The SMILES string of the molecule is O=[N+]([O-])c1ccc(COCCC2CC2)cc1F. The lowest BCUT2D eigenvalue weighted by Gasteiger charge is -2.04. The van der Waals surface area contributed by atoms with Crippen molar-refractivity contribution in [3.8, 4) is 0 Å². The van der Waals surface area contributed by atoms with Crippen LogP contribution in [0, 0.1) is 21.8 Å². The third kappa shape index (κ3) is 3.49. The van der Waals surface area contributed by atoms with Crippen molar-refractivity contribution in [2.45, 2.75) is 25.9 Å². The number of ether oxygens (including phenoxy) is 1. The van der Waals surface area contributed by atoms with Gasteiger partial charge in [-0.2, -0.15) is 4.39 Å². The molecule has 0 radical (unpaired) electrons. The van der Waals surface area contributed by atoms with Crippen molar-refractivity contribution in [3.63, 3.8) is 0 Å². The third-order valence-corrected chi connectivity index (χ3v) is 2.84. The van der Waals surface area contributed by atoms with Crippen LogP contribution in [0.5, 0.6) is 0 Å². The molecule has 0 saturated heterocycles. The maximum atomic E-state index is 13.3. The Morgan fingerprint density at radius 1 is 1.47 bits per heavy atom. The number of nitro benzene ring substituents is 1. The molecule has 0 bridgehead atoms. The fraction of sp³-hybridized carbons (Fsp3) is 0.500. The first-order chi connectivity index (χ1) is 8.16. The quantitative estimate of drug-likeness (QED) is 0.435. The molecule has 1 aliphatic rings. The fourth-order valence-electron chi connectivity index (χ4n) is 1.63. The predicted molar refractivity (Wildman–Crippen MR) is 60.1 cm³/mol. The molecule has 92 valence electrons. The molecule has 0 atom stereocenters. The first-order valence-electron chi connectivity index (χ1n) is 5.67. The maximum Gasteiger partial charge on any atom is 0.304 e. The topological polar surface area (TPSA) is 52.4 Å². The molecule has 0 aromatic heterocycles. The lowest BCUT2D eigenvalue weighted by atomic mass is 10.2. The number of hydrogen-bond acceptors (Lipinski definition) is 3. The van der Waals surface area contributed by atoms with E-state index in [0.29, 0.717) is 18.8 Å². The minimum atomic E-state index is -0.807. The van der Waals surface area contributed by atoms with E-state index in [1.54, 1.807) is 0 Å². The largest absolute Gasteiger partial charge is 0.377 e. The molecular weight excluding hydrogens is 225 g/mol. The van der Waals surface area contributed by atoms with E-state index < -0.39 is 16.4 Å². The Hall–Kier alpha value is -1.49. The van der Waals surface area contributed by atoms with Crippen LogP contribution in [0.1, 0.15) is 24.8 Å². The number of benzene rings is 1. The molecule has 1 aliphatic carbocycles. The summed E-state index contributed by atoms with van der Waals surface area (Å²) in [6.45, 7) is 0.977. The van der Waals surface area contributed by atoms with Crippen LogP contribution in [0.3, 0.4) is 0 Å². The van der Waals surface area contributed by atoms with Crippen LogP contribution in [-0.4, -0.2) is 11.5 Å². The van der Waals surface area contributed by atoms with Crippen molar-refractivity contribution in [1.82, 2.24) is 0 Å². The normalized spacial score (nSPS) is 14.9. The van der Waals surface area contributed by atoms with Gasteiger partial charge in [0.2, 0.25) is 5.82 Å². The summed E-state index contributed by atoms with van der Waals surface area (Å²) in [7, 11) is 0. The van der Waals surface area contributed by atoms with E-state index in [2.05, 4.69) is 0 Å². The number of rotatable bonds is 6. The Morgan fingerprint density at radius 2 is 2.24 bits per heavy atom. The Bertz CT molecular complexity index is 418. The van der Waals surface area contributed by atoms with E-state index >= 15 is 0 Å². The van der Waals surface area contributed by atoms with Gasteiger partial charge < -0.3 is 4.74 Å². The van der Waals surface area contributed by atoms with E-state index in [4.69, 9.17) is 4.74 Å². The van der Waals surface area contributed by atoms with Gasteiger partial charge in [0.25, 0.3) is 0 Å². The van der Waals surface area contributed by atoms with Crippen LogP contribution < -0.4 is 0 Å². The predicted octanol–water partition coefficient (Wildman–Crippen LogP) is 3.05. The molecule has 0 heterocycles. The summed E-state index contributed by atoms with van der Waals surface area (Å²) >= 11 is 0. The summed E-state index contributed by atoms with van der Waals surface area (Å²) in [4.78, 5) is 9.68. The van der Waals surface area contributed by atoms with Gasteiger partial charge in [0, 0.05) is 12.7 Å². The minimum Gasteiger partial charge on any atom is -0.377 e. The highest BCUT2D eigenvalue weighted by Crippen LogP contribution is 2.32. The van der Waals surface area contributed by atoms with E-state index in [1.807, 2.05) is 0 Å². The van der Waals surface area contributed by atoms with Gasteiger partial charge >= 0.3 is 5.69 Å². The molecular formula is C12H14FNO3. The van der Waals surface area contributed by atoms with Gasteiger partial charge in [-0.25, -0.2) is 0 Å². The Kier molecular flexibility index (Phi) is 3.68. The summed E-state index contributed by atoms with van der Waals surface area (Å²) in [5.41, 5.74) is 0.135. The monoisotopic (exact) mass is 239 g/mol. The molecule has 1 aromatic carbocycles. The van der Waals surface area contributed by atoms with Gasteiger partial charge in [0.1, 0.15) is 0 Å². The summed E-state index contributed by atoms with van der Waals surface area (Å²) in [6, 6.07) is 3.86. The van der Waals surface area contributed by atoms with E-state index in [-0.39, 0.29) is 0 Å². The average Bonchev–Trinajstić information content (AvgIpc) is 3.08. The lowest BCUT2D eigenvalue weighted by molar-refractivity contribution is -0.387. The lowest BCUT2D eigenvalue weighted by Crippen LogP contribution is -1.98. The minimum absolute atomic E-state index is 0.307. The van der Waals surface area contributed by atoms with Crippen molar-refractivity contribution in [2.75, 3.05) is 6.61 Å². The van der Waals surface area contributed by atoms with Gasteiger partial charge in [0.15, 0.2) is 0 Å². The second kappa shape index (κ2) is 5.23. The highest BCUT2D eigenvalue weighted by Gasteiger charge is 2.20. The zero-order valence-corrected chi connectivity index (χ0v) is 9.39. The first-order valence-corrected chi connectivity index (χ1v) is 5.67. The molecule has 4 nitrogen and oxygen atoms in total. The van der Waals surface area contributed by atoms with E-state index in [1.165, 1.54) is 25.0 Å². The third-order valence-electron chi connectivity index (χ3n) is 2.84. The highest BCUT2D eigenvalue weighted by molar-refractivity contribution is 5.34. The Labute approximate surface area is 98.5 Å². The van der Waals surface area contributed by atoms with Crippen LogP contribution in [0.25, 0.3) is 0 Å². The van der Waals surface area contributed by atoms with E-state index in [0.717, 1.165) is 18.4 Å². The standard InChI is InChI=1S/C12H14FNO3/c13-11-7-10(3-4-12(11)14(15)16)8-17-6-5-9-1-2-9/h3-4,7,9H,1-2,5-6,8H2.